The van der Waals surface area contributed by atoms with Gasteiger partial charge < -0.3 is 14.5 Å². The number of hydrogen-bond donors (Lipinski definition) is 1. The topological polar surface area (TPSA) is 98.2 Å². The summed E-state index contributed by atoms with van der Waals surface area (Å²) in [7, 11) is 1.68. The van der Waals surface area contributed by atoms with E-state index in [-0.39, 0.29) is 17.7 Å². The molecule has 9 heteroatoms. The minimum absolute atomic E-state index is 0.0787. The minimum atomic E-state index is -0.120. The van der Waals surface area contributed by atoms with Gasteiger partial charge in [0.25, 0.3) is 5.56 Å². The van der Waals surface area contributed by atoms with Gasteiger partial charge in [-0.15, -0.1) is 5.10 Å². The van der Waals surface area contributed by atoms with Crippen LogP contribution in [0.1, 0.15) is 60.3 Å². The lowest BCUT2D eigenvalue weighted by molar-refractivity contribution is 0.0887. The fraction of sp³-hybridized carbons (Fsp3) is 0.448. The van der Waals surface area contributed by atoms with Crippen LogP contribution >= 0.6 is 0 Å². The number of H-pyrrole nitrogens is 1. The Kier molecular flexibility index (Phi) is 7.85. The molecule has 1 aliphatic rings. The number of hydrogen-bond acceptors (Lipinski definition) is 7. The fourth-order valence-corrected chi connectivity index (χ4v) is 5.45. The maximum Gasteiger partial charge on any atom is 0.252 e. The molecule has 0 aliphatic carbocycles. The van der Waals surface area contributed by atoms with Crippen molar-refractivity contribution in [3.05, 3.63) is 80.9 Å². The van der Waals surface area contributed by atoms with Gasteiger partial charge >= 0.3 is 0 Å². The monoisotopic (exact) mass is 516 g/mol. The Morgan fingerprint density at radius 3 is 2.71 bits per heavy atom. The largest absolute Gasteiger partial charge is 0.496 e. The number of pyridine rings is 1. The van der Waals surface area contributed by atoms with Crippen LogP contribution in [0.15, 0.2) is 47.3 Å². The summed E-state index contributed by atoms with van der Waals surface area (Å²) in [4.78, 5) is 18.7. The Labute approximate surface area is 222 Å². The highest BCUT2D eigenvalue weighted by atomic mass is 16.5. The number of benzene rings is 2. The molecule has 1 saturated heterocycles. The Balaban J connectivity index is 1.55. The summed E-state index contributed by atoms with van der Waals surface area (Å²) in [6.07, 6.45) is 2.95. The van der Waals surface area contributed by atoms with E-state index in [1.165, 1.54) is 0 Å². The molecule has 2 atom stereocenters. The molecule has 0 saturated carbocycles. The van der Waals surface area contributed by atoms with Crippen LogP contribution in [0.5, 0.6) is 5.75 Å². The smallest absolute Gasteiger partial charge is 0.252 e. The van der Waals surface area contributed by atoms with E-state index in [1.54, 1.807) is 7.11 Å². The Morgan fingerprint density at radius 2 is 1.95 bits per heavy atom. The molecule has 1 N–H and O–H groups in total. The predicted molar refractivity (Wildman–Crippen MR) is 146 cm³/mol. The van der Waals surface area contributed by atoms with Crippen molar-refractivity contribution in [1.29, 1.82) is 0 Å². The van der Waals surface area contributed by atoms with Gasteiger partial charge in [-0.3, -0.25) is 9.69 Å². The molecule has 2 unspecified atom stereocenters. The zero-order valence-electron chi connectivity index (χ0n) is 22.6. The number of nitrogens with zero attached hydrogens (tertiary/aromatic N) is 5. The van der Waals surface area contributed by atoms with Crippen molar-refractivity contribution < 1.29 is 9.47 Å². The molecule has 0 bridgehead atoms. The van der Waals surface area contributed by atoms with Crippen LogP contribution in [-0.2, 0) is 24.4 Å². The minimum Gasteiger partial charge on any atom is -0.496 e. The lowest BCUT2D eigenvalue weighted by Gasteiger charge is -2.31. The SMILES string of the molecule is CCC(c1nnnn1CC1CCCO1)N(Cc1ccccc1OC)Cc1cc2c(C)ccc(C)c2[nH]c1=O. The molecule has 4 aromatic rings. The van der Waals surface area contributed by atoms with Crippen LogP contribution < -0.4 is 10.3 Å². The molecule has 1 aliphatic heterocycles. The zero-order valence-corrected chi connectivity index (χ0v) is 22.6. The van der Waals surface area contributed by atoms with Crippen molar-refractivity contribution in [1.82, 2.24) is 30.1 Å². The van der Waals surface area contributed by atoms with Gasteiger partial charge in [-0.2, -0.15) is 0 Å². The van der Waals surface area contributed by atoms with E-state index in [9.17, 15) is 4.79 Å². The van der Waals surface area contributed by atoms with Crippen molar-refractivity contribution in [2.75, 3.05) is 13.7 Å². The van der Waals surface area contributed by atoms with Crippen LogP contribution in [0, 0.1) is 13.8 Å². The van der Waals surface area contributed by atoms with Gasteiger partial charge in [0, 0.05) is 36.2 Å². The highest BCUT2D eigenvalue weighted by molar-refractivity contribution is 5.85. The molecular weight excluding hydrogens is 480 g/mol. The molecular formula is C29H36N6O3. The number of aryl methyl sites for hydroxylation is 2. The van der Waals surface area contributed by atoms with E-state index >= 15 is 0 Å². The molecule has 1 fully saturated rings. The predicted octanol–water partition coefficient (Wildman–Crippen LogP) is 4.47. The average molecular weight is 517 g/mol. The summed E-state index contributed by atoms with van der Waals surface area (Å²) in [5.74, 6) is 1.59. The number of fused-ring (bicyclic) bond motifs is 1. The number of aromatic nitrogens is 5. The fourth-order valence-electron chi connectivity index (χ4n) is 5.45. The summed E-state index contributed by atoms with van der Waals surface area (Å²) in [5, 5.41) is 13.9. The van der Waals surface area contributed by atoms with Gasteiger partial charge in [0.1, 0.15) is 5.75 Å². The number of para-hydroxylation sites is 1. The molecule has 0 radical (unpaired) electrons. The summed E-state index contributed by atoms with van der Waals surface area (Å²) in [5.41, 5.74) is 4.74. The third kappa shape index (κ3) is 5.35. The molecule has 3 heterocycles. The Morgan fingerprint density at radius 1 is 1.16 bits per heavy atom. The lowest BCUT2D eigenvalue weighted by atomic mass is 10.0. The van der Waals surface area contributed by atoms with Gasteiger partial charge in [-0.05, 0) is 66.8 Å². The quantitative estimate of drug-likeness (QED) is 0.332. The number of methoxy groups -OCH3 is 1. The first-order chi connectivity index (χ1) is 18.5. The molecule has 200 valence electrons. The van der Waals surface area contributed by atoms with E-state index in [2.05, 4.69) is 51.4 Å². The van der Waals surface area contributed by atoms with E-state index in [1.807, 2.05) is 41.9 Å². The number of rotatable bonds is 10. The van der Waals surface area contributed by atoms with Crippen molar-refractivity contribution in [2.24, 2.45) is 0 Å². The second-order valence-corrected chi connectivity index (χ2v) is 10.1. The van der Waals surface area contributed by atoms with Crippen LogP contribution in [0.3, 0.4) is 0 Å². The highest BCUT2D eigenvalue weighted by Gasteiger charge is 2.28. The first-order valence-electron chi connectivity index (χ1n) is 13.3. The van der Waals surface area contributed by atoms with E-state index < -0.39 is 0 Å². The molecule has 38 heavy (non-hydrogen) atoms. The highest BCUT2D eigenvalue weighted by Crippen LogP contribution is 2.30. The van der Waals surface area contributed by atoms with Gasteiger partial charge in [0.2, 0.25) is 0 Å². The second kappa shape index (κ2) is 11.4. The zero-order chi connectivity index (χ0) is 26.6. The summed E-state index contributed by atoms with van der Waals surface area (Å²) in [6, 6.07) is 14.1. The molecule has 0 amide bonds. The number of tetrazole rings is 1. The molecule has 2 aromatic carbocycles. The molecule has 0 spiro atoms. The maximum atomic E-state index is 13.3. The van der Waals surface area contributed by atoms with Crippen LogP contribution in [0.2, 0.25) is 0 Å². The van der Waals surface area contributed by atoms with E-state index in [4.69, 9.17) is 9.47 Å². The van der Waals surface area contributed by atoms with Crippen LogP contribution in [0.4, 0.5) is 0 Å². The number of aromatic amines is 1. The third-order valence-corrected chi connectivity index (χ3v) is 7.55. The number of nitrogens with one attached hydrogen (secondary N) is 1. The van der Waals surface area contributed by atoms with Gasteiger partial charge in [-0.1, -0.05) is 37.3 Å². The van der Waals surface area contributed by atoms with E-state index in [0.29, 0.717) is 25.2 Å². The lowest BCUT2D eigenvalue weighted by Crippen LogP contribution is -2.33. The van der Waals surface area contributed by atoms with Crippen molar-refractivity contribution in [3.8, 4) is 5.75 Å². The first kappa shape index (κ1) is 26.1. The van der Waals surface area contributed by atoms with Gasteiger partial charge in [0.05, 0.1) is 31.3 Å². The average Bonchev–Trinajstić information content (AvgIpc) is 3.61. The van der Waals surface area contributed by atoms with Crippen LogP contribution in [-0.4, -0.2) is 49.9 Å². The third-order valence-electron chi connectivity index (χ3n) is 7.55. The van der Waals surface area contributed by atoms with Gasteiger partial charge in [-0.25, -0.2) is 4.68 Å². The Bertz CT molecular complexity index is 1460. The second-order valence-electron chi connectivity index (χ2n) is 10.1. The standard InChI is InChI=1S/C29H36N6O3/c1-5-25(28-31-32-33-35(28)18-23-10-8-14-38-23)34(16-21-9-6-7-11-26(21)37-4)17-22-15-24-19(2)12-13-20(3)27(24)30-29(22)36/h6-7,9,11-13,15,23,25H,5,8,10,14,16-18H2,1-4H3,(H,30,36). The molecule has 9 nitrogen and oxygen atoms in total. The molecule has 5 rings (SSSR count). The summed E-state index contributed by atoms with van der Waals surface area (Å²) < 4.78 is 13.4. The van der Waals surface area contributed by atoms with Gasteiger partial charge in [0.15, 0.2) is 5.82 Å². The summed E-state index contributed by atoms with van der Waals surface area (Å²) >= 11 is 0. The van der Waals surface area contributed by atoms with Crippen molar-refractivity contribution in [3.63, 3.8) is 0 Å². The normalized spacial score (nSPS) is 16.4. The summed E-state index contributed by atoms with van der Waals surface area (Å²) in [6.45, 7) is 8.63. The maximum absolute atomic E-state index is 13.3. The van der Waals surface area contributed by atoms with Crippen LogP contribution in [0.25, 0.3) is 10.9 Å². The van der Waals surface area contributed by atoms with E-state index in [0.717, 1.165) is 65.0 Å². The number of ether oxygens (including phenoxy) is 2. The van der Waals surface area contributed by atoms with Crippen molar-refractivity contribution >= 4 is 10.9 Å². The first-order valence-corrected chi connectivity index (χ1v) is 13.3. The Hall–Kier alpha value is -3.56. The van der Waals surface area contributed by atoms with Crippen molar-refractivity contribution in [2.45, 2.75) is 71.8 Å². The molecule has 2 aromatic heterocycles.